The first-order valence-corrected chi connectivity index (χ1v) is 9.40. The van der Waals surface area contributed by atoms with E-state index in [-0.39, 0.29) is 29.9 Å². The normalized spacial score (nSPS) is 15.6. The number of halogens is 2. The molecule has 0 atom stereocenters. The van der Waals surface area contributed by atoms with Crippen molar-refractivity contribution in [1.82, 2.24) is 24.6 Å². The van der Waals surface area contributed by atoms with Crippen LogP contribution in [0, 0.1) is 0 Å². The van der Waals surface area contributed by atoms with Crippen molar-refractivity contribution in [3.05, 3.63) is 22.4 Å². The van der Waals surface area contributed by atoms with Crippen LogP contribution < -0.4 is 5.32 Å². The van der Waals surface area contributed by atoms with Gasteiger partial charge in [-0.05, 0) is 22.0 Å². The van der Waals surface area contributed by atoms with Crippen LogP contribution in [-0.4, -0.2) is 84.5 Å². The SMILES string of the molecule is CN=C(NCCN1CCN(C(C)=O)CC1)N(C)Cc1cc(Br)cn1C.I. The molecule has 0 unspecified atom stereocenters. The Morgan fingerprint density at radius 3 is 2.50 bits per heavy atom. The van der Waals surface area contributed by atoms with Gasteiger partial charge >= 0.3 is 0 Å². The fraction of sp³-hybridized carbons (Fsp3) is 0.647. The quantitative estimate of drug-likeness (QED) is 0.350. The lowest BCUT2D eigenvalue weighted by atomic mass is 10.3. The lowest BCUT2D eigenvalue weighted by Crippen LogP contribution is -2.50. The van der Waals surface area contributed by atoms with Crippen molar-refractivity contribution in [1.29, 1.82) is 0 Å². The summed E-state index contributed by atoms with van der Waals surface area (Å²) < 4.78 is 3.20. The summed E-state index contributed by atoms with van der Waals surface area (Å²) in [6.07, 6.45) is 2.06. The van der Waals surface area contributed by atoms with Crippen LogP contribution in [0.4, 0.5) is 0 Å². The van der Waals surface area contributed by atoms with Gasteiger partial charge < -0.3 is 19.7 Å². The lowest BCUT2D eigenvalue weighted by Gasteiger charge is -2.34. The number of aliphatic imine (C=N–C) groups is 1. The lowest BCUT2D eigenvalue weighted by molar-refractivity contribution is -0.130. The zero-order valence-corrected chi connectivity index (χ0v) is 20.0. The van der Waals surface area contributed by atoms with Crippen molar-refractivity contribution < 1.29 is 4.79 Å². The van der Waals surface area contributed by atoms with Crippen molar-refractivity contribution in [2.24, 2.45) is 12.0 Å². The molecule has 1 N–H and O–H groups in total. The Labute approximate surface area is 181 Å². The molecule has 1 aromatic rings. The van der Waals surface area contributed by atoms with Crippen LogP contribution in [-0.2, 0) is 18.4 Å². The summed E-state index contributed by atoms with van der Waals surface area (Å²) in [6, 6.07) is 2.12. The maximum absolute atomic E-state index is 11.4. The maximum atomic E-state index is 11.4. The second-order valence-electron chi connectivity index (χ2n) is 6.44. The Morgan fingerprint density at radius 2 is 2.00 bits per heavy atom. The summed E-state index contributed by atoms with van der Waals surface area (Å²) in [5, 5.41) is 3.43. The molecule has 9 heteroatoms. The molecule has 1 aliphatic rings. The number of nitrogens with one attached hydrogen (secondary N) is 1. The number of nitrogens with zero attached hydrogens (tertiary/aromatic N) is 5. The van der Waals surface area contributed by atoms with Gasteiger partial charge in [0, 0.05) is 83.7 Å². The zero-order valence-electron chi connectivity index (χ0n) is 16.0. The molecule has 0 aliphatic carbocycles. The molecule has 0 radical (unpaired) electrons. The first kappa shape index (κ1) is 23.2. The topological polar surface area (TPSA) is 56.1 Å². The molecule has 1 aromatic heterocycles. The van der Waals surface area contributed by atoms with E-state index in [1.807, 2.05) is 26.0 Å². The number of carbonyl (C=O) groups is 1. The smallest absolute Gasteiger partial charge is 0.219 e. The van der Waals surface area contributed by atoms with E-state index in [0.717, 1.165) is 56.2 Å². The average Bonchev–Trinajstić information content (AvgIpc) is 2.89. The highest BCUT2D eigenvalue weighted by Gasteiger charge is 2.18. The maximum Gasteiger partial charge on any atom is 0.219 e. The standard InChI is InChI=1S/C17H29BrN6O.HI/c1-14(25)24-9-7-23(8-10-24)6-5-20-17(19-2)22(4)13-16-11-15(18)12-21(16)3;/h11-12H,5-10,13H2,1-4H3,(H,19,20);1H. The molecule has 1 saturated heterocycles. The van der Waals surface area contributed by atoms with Crippen LogP contribution in [0.25, 0.3) is 0 Å². The predicted octanol–water partition coefficient (Wildman–Crippen LogP) is 1.58. The molecule has 26 heavy (non-hydrogen) atoms. The van der Waals surface area contributed by atoms with E-state index in [1.165, 1.54) is 5.69 Å². The Hall–Kier alpha value is -0.810. The minimum Gasteiger partial charge on any atom is -0.355 e. The molecule has 148 valence electrons. The molecule has 0 saturated carbocycles. The molecule has 1 fully saturated rings. The number of carbonyl (C=O) groups excluding carboxylic acids is 1. The third kappa shape index (κ3) is 6.73. The van der Waals surface area contributed by atoms with E-state index in [2.05, 4.69) is 52.9 Å². The number of piperazine rings is 1. The highest BCUT2D eigenvalue weighted by Crippen LogP contribution is 2.14. The number of rotatable bonds is 5. The highest BCUT2D eigenvalue weighted by atomic mass is 127. The van der Waals surface area contributed by atoms with Crippen molar-refractivity contribution in [3.63, 3.8) is 0 Å². The summed E-state index contributed by atoms with van der Waals surface area (Å²) in [6.45, 7) is 7.75. The van der Waals surface area contributed by atoms with Gasteiger partial charge in [0.15, 0.2) is 5.96 Å². The van der Waals surface area contributed by atoms with Crippen LogP contribution >= 0.6 is 39.9 Å². The average molecular weight is 541 g/mol. The summed E-state index contributed by atoms with van der Waals surface area (Å²) in [5.41, 5.74) is 1.22. The van der Waals surface area contributed by atoms with Crippen LogP contribution in [0.3, 0.4) is 0 Å². The van der Waals surface area contributed by atoms with E-state index >= 15 is 0 Å². The van der Waals surface area contributed by atoms with Gasteiger partial charge in [0.05, 0.1) is 6.54 Å². The molecule has 2 rings (SSSR count). The van der Waals surface area contributed by atoms with Gasteiger partial charge in [-0.2, -0.15) is 0 Å². The van der Waals surface area contributed by atoms with Gasteiger partial charge in [0.2, 0.25) is 5.91 Å². The minimum atomic E-state index is 0. The monoisotopic (exact) mass is 540 g/mol. The van der Waals surface area contributed by atoms with Crippen molar-refractivity contribution in [2.75, 3.05) is 53.4 Å². The fourth-order valence-corrected chi connectivity index (χ4v) is 3.61. The summed E-state index contributed by atoms with van der Waals surface area (Å²) in [7, 11) is 5.90. The highest BCUT2D eigenvalue weighted by molar-refractivity contribution is 14.0. The molecule has 0 bridgehead atoms. The molecule has 7 nitrogen and oxygen atoms in total. The van der Waals surface area contributed by atoms with Gasteiger partial charge in [-0.25, -0.2) is 0 Å². The van der Waals surface area contributed by atoms with Gasteiger partial charge in [-0.1, -0.05) is 0 Å². The largest absolute Gasteiger partial charge is 0.355 e. The number of aromatic nitrogens is 1. The third-order valence-corrected chi connectivity index (χ3v) is 5.01. The molecular weight excluding hydrogens is 511 g/mol. The van der Waals surface area contributed by atoms with E-state index < -0.39 is 0 Å². The number of aryl methyl sites for hydroxylation is 1. The molecule has 1 aliphatic heterocycles. The van der Waals surface area contributed by atoms with E-state index in [4.69, 9.17) is 0 Å². The fourth-order valence-electron chi connectivity index (χ4n) is 3.04. The number of hydrogen-bond acceptors (Lipinski definition) is 3. The summed E-state index contributed by atoms with van der Waals surface area (Å²) >= 11 is 3.51. The predicted molar refractivity (Wildman–Crippen MR) is 120 cm³/mol. The second-order valence-corrected chi connectivity index (χ2v) is 7.35. The van der Waals surface area contributed by atoms with Crippen LogP contribution in [0.5, 0.6) is 0 Å². The third-order valence-electron chi connectivity index (χ3n) is 4.58. The van der Waals surface area contributed by atoms with E-state index in [1.54, 1.807) is 6.92 Å². The molecule has 0 spiro atoms. The second kappa shape index (κ2) is 11.1. The molecular formula is C17H30BrIN6O. The first-order valence-electron chi connectivity index (χ1n) is 8.61. The van der Waals surface area contributed by atoms with Crippen LogP contribution in [0.1, 0.15) is 12.6 Å². The van der Waals surface area contributed by atoms with Gasteiger partial charge in [-0.3, -0.25) is 14.7 Å². The summed E-state index contributed by atoms with van der Waals surface area (Å²) in [4.78, 5) is 22.2. The van der Waals surface area contributed by atoms with Gasteiger partial charge in [0.1, 0.15) is 0 Å². The Balaban J connectivity index is 0.00000338. The van der Waals surface area contributed by atoms with Crippen molar-refractivity contribution in [3.8, 4) is 0 Å². The Bertz CT molecular complexity index is 612. The molecule has 1 amide bonds. The number of hydrogen-bond donors (Lipinski definition) is 1. The zero-order chi connectivity index (χ0) is 18.4. The molecule has 0 aromatic carbocycles. The number of guanidine groups is 1. The van der Waals surface area contributed by atoms with E-state index in [0.29, 0.717) is 0 Å². The van der Waals surface area contributed by atoms with Gasteiger partial charge in [-0.15, -0.1) is 24.0 Å². The number of amides is 1. The van der Waals surface area contributed by atoms with Crippen molar-refractivity contribution >= 4 is 51.8 Å². The van der Waals surface area contributed by atoms with Crippen LogP contribution in [0.2, 0.25) is 0 Å². The Kier molecular flexibility index (Phi) is 9.94. The van der Waals surface area contributed by atoms with E-state index in [9.17, 15) is 4.79 Å². The Morgan fingerprint density at radius 1 is 1.35 bits per heavy atom. The van der Waals surface area contributed by atoms with Crippen LogP contribution in [0.15, 0.2) is 21.7 Å². The van der Waals surface area contributed by atoms with Gasteiger partial charge in [0.25, 0.3) is 0 Å². The molecule has 2 heterocycles. The van der Waals surface area contributed by atoms with Crippen molar-refractivity contribution in [2.45, 2.75) is 13.5 Å². The minimum absolute atomic E-state index is 0. The summed E-state index contributed by atoms with van der Waals surface area (Å²) in [5.74, 6) is 1.06. The first-order chi connectivity index (χ1) is 11.9.